The molecule has 0 fully saturated rings. The van der Waals surface area contributed by atoms with Gasteiger partial charge >= 0.3 is 26.2 Å². The van der Waals surface area contributed by atoms with Gasteiger partial charge in [-0.25, -0.2) is 0 Å². The molecule has 0 spiro atoms. The van der Waals surface area contributed by atoms with E-state index in [1.54, 1.807) is 0 Å². The quantitative estimate of drug-likeness (QED) is 0.316. The van der Waals surface area contributed by atoms with Crippen molar-refractivity contribution >= 4 is 26.2 Å². The minimum atomic E-state index is -1.75. The zero-order valence-electron chi connectivity index (χ0n) is 4.09. The summed E-state index contributed by atoms with van der Waals surface area (Å²) in [4.78, 5) is 16.6. The van der Waals surface area contributed by atoms with Crippen molar-refractivity contribution in [1.82, 2.24) is 0 Å². The molecular formula is H4BiN2O6-. The van der Waals surface area contributed by atoms with Crippen molar-refractivity contribution < 1.29 is 15.4 Å². The van der Waals surface area contributed by atoms with Crippen molar-refractivity contribution in [2.24, 2.45) is 0 Å². The maximum absolute atomic E-state index is 8.36. The molecule has 0 atom stereocenters. The first-order valence-corrected chi connectivity index (χ1v) is 1.11. The second kappa shape index (κ2) is 10.3. The molecule has 0 saturated carbocycles. The molecule has 0 amide bonds. The van der Waals surface area contributed by atoms with Gasteiger partial charge in [0.05, 0.1) is 5.09 Å². The summed E-state index contributed by atoms with van der Waals surface area (Å²) in [5.74, 6) is 0. The summed E-state index contributed by atoms with van der Waals surface area (Å²) in [6.07, 6.45) is 0. The van der Waals surface area contributed by atoms with Gasteiger partial charge in [0.15, 0.2) is 0 Å². The van der Waals surface area contributed by atoms with E-state index in [2.05, 4.69) is 0 Å². The van der Waals surface area contributed by atoms with E-state index >= 15 is 0 Å². The van der Waals surface area contributed by atoms with Gasteiger partial charge in [-0.3, -0.25) is 0 Å². The number of rotatable bonds is 0. The van der Waals surface area contributed by atoms with Gasteiger partial charge in [0, 0.05) is 0 Å². The van der Waals surface area contributed by atoms with Crippen LogP contribution in [-0.4, -0.2) is 41.6 Å². The molecule has 9 heavy (non-hydrogen) atoms. The molecule has 0 aromatic rings. The topological polar surface area (TPSA) is 130 Å². The van der Waals surface area contributed by atoms with Crippen LogP contribution in [0.2, 0.25) is 0 Å². The van der Waals surface area contributed by atoms with Crippen LogP contribution in [0.5, 0.6) is 0 Å². The molecule has 56 valence electrons. The van der Waals surface area contributed by atoms with Gasteiger partial charge in [0.25, 0.3) is 5.09 Å². The van der Waals surface area contributed by atoms with E-state index in [0.717, 1.165) is 0 Å². The average Bonchev–Trinajstić information content (AvgIpc) is 1.25. The molecule has 0 aromatic carbocycles. The molecule has 0 heterocycles. The van der Waals surface area contributed by atoms with Crippen molar-refractivity contribution in [3.63, 3.8) is 0 Å². The summed E-state index contributed by atoms with van der Waals surface area (Å²) < 4.78 is 0. The van der Waals surface area contributed by atoms with Crippen molar-refractivity contribution in [1.29, 1.82) is 0 Å². The fraction of sp³-hybridized carbons (Fsp3) is 0. The van der Waals surface area contributed by atoms with Crippen LogP contribution in [-0.2, 0) is 0 Å². The third kappa shape index (κ3) is 396. The van der Waals surface area contributed by atoms with Crippen LogP contribution >= 0.6 is 0 Å². The summed E-state index contributed by atoms with van der Waals surface area (Å²) in [5.41, 5.74) is 0. The Morgan fingerprint density at radius 3 is 1.11 bits per heavy atom. The van der Waals surface area contributed by atoms with Gasteiger partial charge in [-0.15, -0.1) is 10.1 Å². The van der Waals surface area contributed by atoms with Gasteiger partial charge in [-0.2, -0.15) is 0 Å². The van der Waals surface area contributed by atoms with E-state index in [1.807, 2.05) is 0 Å². The van der Waals surface area contributed by atoms with E-state index in [4.69, 9.17) is 30.6 Å². The second-order valence-electron chi connectivity index (χ2n) is 0.461. The van der Waals surface area contributed by atoms with Crippen LogP contribution in [0, 0.1) is 25.4 Å². The first kappa shape index (κ1) is 15.7. The fourth-order valence-electron chi connectivity index (χ4n) is 0. The molecule has 9 heteroatoms. The Hall–Kier alpha value is -0.717. The monoisotopic (exact) mass is 337 g/mol. The summed E-state index contributed by atoms with van der Waals surface area (Å²) in [7, 11) is 0. The van der Waals surface area contributed by atoms with E-state index < -0.39 is 10.2 Å². The van der Waals surface area contributed by atoms with Crippen LogP contribution in [0.3, 0.4) is 0 Å². The van der Waals surface area contributed by atoms with Crippen LogP contribution in [0.15, 0.2) is 0 Å². The zero-order valence-corrected chi connectivity index (χ0v) is 9.59. The van der Waals surface area contributed by atoms with Gasteiger partial charge < -0.3 is 20.5 Å². The Kier molecular flexibility index (Phi) is 18.0. The SMILES string of the molecule is O=[N+]([O-])O.O=[N+]([O-])[O-].[BiH3]. The first-order chi connectivity index (χ1) is 3.46. The van der Waals surface area contributed by atoms with Crippen LogP contribution < -0.4 is 0 Å². The molecule has 0 radical (unpaired) electrons. The van der Waals surface area contributed by atoms with Gasteiger partial charge in [0.2, 0.25) is 0 Å². The third-order valence-corrected chi connectivity index (χ3v) is 0. The van der Waals surface area contributed by atoms with E-state index in [9.17, 15) is 0 Å². The predicted molar refractivity (Wildman–Crippen MR) is 29.1 cm³/mol. The third-order valence-electron chi connectivity index (χ3n) is 0. The number of hydrogen-bond donors (Lipinski definition) is 1. The minimum absolute atomic E-state index is 0. The standard InChI is InChI=1S/Bi.HNO3.NO3.3H/c;2*2-1(3)4;;;/h;(H,2,3,4);;;;/q;;-1;;;. The van der Waals surface area contributed by atoms with E-state index in [1.165, 1.54) is 0 Å². The molecule has 0 rings (SSSR count). The summed E-state index contributed by atoms with van der Waals surface area (Å²) in [6, 6.07) is 0. The van der Waals surface area contributed by atoms with Gasteiger partial charge in [-0.1, -0.05) is 0 Å². The summed E-state index contributed by atoms with van der Waals surface area (Å²) >= 11 is 0. The van der Waals surface area contributed by atoms with Crippen molar-refractivity contribution in [2.75, 3.05) is 0 Å². The van der Waals surface area contributed by atoms with E-state index in [0.29, 0.717) is 0 Å². The maximum atomic E-state index is 8.36. The van der Waals surface area contributed by atoms with Crippen LogP contribution in [0.1, 0.15) is 0 Å². The van der Waals surface area contributed by atoms with Gasteiger partial charge in [-0.05, 0) is 0 Å². The Balaban J connectivity index is -0.0000000720. The molecule has 0 aliphatic rings. The van der Waals surface area contributed by atoms with E-state index in [-0.39, 0.29) is 26.2 Å². The summed E-state index contributed by atoms with van der Waals surface area (Å²) in [6.45, 7) is 0. The molecule has 1 N–H and O–H groups in total. The molecule has 0 aromatic heterocycles. The van der Waals surface area contributed by atoms with Crippen molar-refractivity contribution in [2.45, 2.75) is 0 Å². The normalized spacial score (nSPS) is 5.33. The molecule has 0 unspecified atom stereocenters. The molecule has 0 aliphatic carbocycles. The molecule has 8 nitrogen and oxygen atoms in total. The Morgan fingerprint density at radius 1 is 1.11 bits per heavy atom. The average molecular weight is 337 g/mol. The van der Waals surface area contributed by atoms with Crippen molar-refractivity contribution in [3.8, 4) is 0 Å². The fourth-order valence-corrected chi connectivity index (χ4v) is 0. The molecular weight excluding hydrogens is 333 g/mol. The zero-order chi connectivity index (χ0) is 7.15. The summed E-state index contributed by atoms with van der Waals surface area (Å²) in [5, 5.41) is 28.4. The van der Waals surface area contributed by atoms with Crippen molar-refractivity contribution in [3.05, 3.63) is 25.4 Å². The number of hydrogen-bond acceptors (Lipinski definition) is 5. The van der Waals surface area contributed by atoms with Gasteiger partial charge in [0.1, 0.15) is 0 Å². The predicted octanol–water partition coefficient (Wildman–Crippen LogP) is -1.77. The molecule has 0 aliphatic heterocycles. The van der Waals surface area contributed by atoms with Crippen LogP contribution in [0.25, 0.3) is 0 Å². The Bertz CT molecular complexity index is 69.1. The Labute approximate surface area is 67.4 Å². The Morgan fingerprint density at radius 2 is 1.11 bits per heavy atom. The van der Waals surface area contributed by atoms with Crippen LogP contribution in [0.4, 0.5) is 0 Å². The first-order valence-electron chi connectivity index (χ1n) is 1.11. The second-order valence-corrected chi connectivity index (χ2v) is 0.461. The molecule has 0 saturated heterocycles. The number of nitrogens with zero attached hydrogens (tertiary/aromatic N) is 2. The molecule has 0 bridgehead atoms.